The zero-order chi connectivity index (χ0) is 12.0. The monoisotopic (exact) mass is 226 g/mol. The average molecular weight is 226 g/mol. The summed E-state index contributed by atoms with van der Waals surface area (Å²) in [5.74, 6) is -0.0616. The Hall–Kier alpha value is -1.00. The minimum Gasteiger partial charge on any atom is -0.383 e. The van der Waals surface area contributed by atoms with Gasteiger partial charge in [0.1, 0.15) is 5.82 Å². The molecule has 2 unspecified atom stereocenters. The van der Waals surface area contributed by atoms with Crippen LogP contribution in [0.25, 0.3) is 0 Å². The second kappa shape index (κ2) is 6.55. The van der Waals surface area contributed by atoms with Crippen LogP contribution in [0, 0.1) is 5.82 Å². The number of ether oxygens (including phenoxy) is 1. The largest absolute Gasteiger partial charge is 0.383 e. The maximum absolute atomic E-state index is 13.0. The van der Waals surface area contributed by atoms with Crippen LogP contribution in [-0.4, -0.2) is 31.3 Å². The van der Waals surface area contributed by atoms with Crippen LogP contribution in [0.3, 0.4) is 0 Å². The van der Waals surface area contributed by atoms with Gasteiger partial charge in [0.05, 0.1) is 12.8 Å². The Labute approximate surface area is 96.0 Å². The van der Waals surface area contributed by atoms with E-state index in [1.54, 1.807) is 13.3 Å². The van der Waals surface area contributed by atoms with Crippen LogP contribution in [0.2, 0.25) is 0 Å². The number of pyridine rings is 1. The summed E-state index contributed by atoms with van der Waals surface area (Å²) in [6.45, 7) is 5.61. The van der Waals surface area contributed by atoms with Gasteiger partial charge in [-0.2, -0.15) is 0 Å². The van der Waals surface area contributed by atoms with Crippen LogP contribution in [-0.2, 0) is 4.74 Å². The molecule has 4 heteroatoms. The van der Waals surface area contributed by atoms with Crippen molar-refractivity contribution in [3.8, 4) is 0 Å². The van der Waals surface area contributed by atoms with Gasteiger partial charge in [0.15, 0.2) is 0 Å². The Kier molecular flexibility index (Phi) is 5.35. The number of nitrogens with zero attached hydrogens (tertiary/aromatic N) is 1. The van der Waals surface area contributed by atoms with E-state index in [4.69, 9.17) is 4.74 Å². The molecule has 0 aromatic carbocycles. The van der Waals surface area contributed by atoms with Gasteiger partial charge in [0, 0.05) is 25.9 Å². The molecule has 2 atom stereocenters. The van der Waals surface area contributed by atoms with Gasteiger partial charge < -0.3 is 10.1 Å². The first-order valence-corrected chi connectivity index (χ1v) is 5.48. The molecule has 1 aromatic rings. The molecule has 1 aromatic heterocycles. The van der Waals surface area contributed by atoms with Crippen LogP contribution in [0.5, 0.6) is 0 Å². The van der Waals surface area contributed by atoms with Crippen LogP contribution in [0.1, 0.15) is 25.3 Å². The molecule has 1 heterocycles. The first-order valence-electron chi connectivity index (χ1n) is 5.48. The minimum atomic E-state index is -0.284. The predicted octanol–water partition coefficient (Wildman–Crippen LogP) is 1.95. The molecule has 0 amide bonds. The standard InChI is InChI=1S/C12H19FN2O/c1-9(10(2)15-4-5-16-3)11-6-12(13)8-14-7-11/h6-10,15H,4-5H2,1-3H3. The van der Waals surface area contributed by atoms with Crippen molar-refractivity contribution in [2.45, 2.75) is 25.8 Å². The second-order valence-electron chi connectivity index (χ2n) is 3.96. The van der Waals surface area contributed by atoms with Gasteiger partial charge in [-0.15, -0.1) is 0 Å². The number of rotatable bonds is 6. The first-order chi connectivity index (χ1) is 7.65. The molecule has 0 fully saturated rings. The van der Waals surface area contributed by atoms with E-state index < -0.39 is 0 Å². The van der Waals surface area contributed by atoms with Crippen molar-refractivity contribution < 1.29 is 9.13 Å². The Balaban J connectivity index is 2.52. The number of hydrogen-bond acceptors (Lipinski definition) is 3. The second-order valence-corrected chi connectivity index (χ2v) is 3.96. The third-order valence-corrected chi connectivity index (χ3v) is 2.77. The van der Waals surface area contributed by atoms with Gasteiger partial charge in [-0.3, -0.25) is 4.98 Å². The fourth-order valence-corrected chi connectivity index (χ4v) is 1.53. The summed E-state index contributed by atoms with van der Waals surface area (Å²) in [7, 11) is 1.67. The Morgan fingerprint density at radius 3 is 2.81 bits per heavy atom. The van der Waals surface area contributed by atoms with Crippen molar-refractivity contribution in [1.29, 1.82) is 0 Å². The predicted molar refractivity (Wildman–Crippen MR) is 62.0 cm³/mol. The number of hydrogen-bond donors (Lipinski definition) is 1. The summed E-state index contributed by atoms with van der Waals surface area (Å²) in [5, 5.41) is 3.33. The molecule has 0 aliphatic rings. The molecule has 0 radical (unpaired) electrons. The normalized spacial score (nSPS) is 14.8. The molecular formula is C12H19FN2O. The van der Waals surface area contributed by atoms with Crippen LogP contribution in [0.4, 0.5) is 4.39 Å². The van der Waals surface area contributed by atoms with E-state index >= 15 is 0 Å². The molecule has 0 aliphatic carbocycles. The van der Waals surface area contributed by atoms with E-state index in [9.17, 15) is 4.39 Å². The molecule has 1 rings (SSSR count). The molecule has 0 spiro atoms. The Bertz CT molecular complexity index is 320. The highest BCUT2D eigenvalue weighted by atomic mass is 19.1. The number of methoxy groups -OCH3 is 1. The molecule has 0 aliphatic heterocycles. The van der Waals surface area contributed by atoms with E-state index in [-0.39, 0.29) is 17.8 Å². The lowest BCUT2D eigenvalue weighted by Gasteiger charge is -2.21. The lowest BCUT2D eigenvalue weighted by atomic mass is 9.96. The zero-order valence-electron chi connectivity index (χ0n) is 10.0. The fraction of sp³-hybridized carbons (Fsp3) is 0.583. The SMILES string of the molecule is COCCNC(C)C(C)c1cncc(F)c1. The van der Waals surface area contributed by atoms with E-state index in [0.717, 1.165) is 12.1 Å². The molecular weight excluding hydrogens is 207 g/mol. The van der Waals surface area contributed by atoms with Crippen molar-refractivity contribution >= 4 is 0 Å². The zero-order valence-corrected chi connectivity index (χ0v) is 10.0. The van der Waals surface area contributed by atoms with Crippen LogP contribution < -0.4 is 5.32 Å². The molecule has 90 valence electrons. The summed E-state index contributed by atoms with van der Waals surface area (Å²) >= 11 is 0. The Morgan fingerprint density at radius 1 is 1.44 bits per heavy atom. The van der Waals surface area contributed by atoms with Crippen molar-refractivity contribution in [2.24, 2.45) is 0 Å². The quantitative estimate of drug-likeness (QED) is 0.753. The fourth-order valence-electron chi connectivity index (χ4n) is 1.53. The average Bonchev–Trinajstić information content (AvgIpc) is 2.28. The first kappa shape index (κ1) is 13.1. The maximum atomic E-state index is 13.0. The molecule has 1 N–H and O–H groups in total. The van der Waals surface area contributed by atoms with E-state index in [1.807, 2.05) is 0 Å². The van der Waals surface area contributed by atoms with E-state index in [1.165, 1.54) is 12.3 Å². The number of halogens is 1. The van der Waals surface area contributed by atoms with E-state index in [2.05, 4.69) is 24.1 Å². The summed E-state index contributed by atoms with van der Waals surface area (Å²) in [5.41, 5.74) is 0.914. The Morgan fingerprint density at radius 2 is 2.19 bits per heavy atom. The third-order valence-electron chi connectivity index (χ3n) is 2.77. The summed E-state index contributed by atoms with van der Waals surface area (Å²) in [6, 6.07) is 1.80. The van der Waals surface area contributed by atoms with Gasteiger partial charge in [0.2, 0.25) is 0 Å². The van der Waals surface area contributed by atoms with Crippen LogP contribution >= 0.6 is 0 Å². The van der Waals surface area contributed by atoms with Crippen molar-refractivity contribution in [2.75, 3.05) is 20.3 Å². The van der Waals surface area contributed by atoms with Crippen LogP contribution in [0.15, 0.2) is 18.5 Å². The van der Waals surface area contributed by atoms with Gasteiger partial charge in [0.25, 0.3) is 0 Å². The topological polar surface area (TPSA) is 34.1 Å². The van der Waals surface area contributed by atoms with Gasteiger partial charge >= 0.3 is 0 Å². The lowest BCUT2D eigenvalue weighted by Crippen LogP contribution is -2.33. The third kappa shape index (κ3) is 3.87. The van der Waals surface area contributed by atoms with Crippen molar-refractivity contribution in [3.05, 3.63) is 29.8 Å². The summed E-state index contributed by atoms with van der Waals surface area (Å²) in [6.07, 6.45) is 2.93. The van der Waals surface area contributed by atoms with Gasteiger partial charge in [-0.1, -0.05) is 6.92 Å². The lowest BCUT2D eigenvalue weighted by molar-refractivity contribution is 0.195. The molecule has 3 nitrogen and oxygen atoms in total. The maximum Gasteiger partial charge on any atom is 0.141 e. The van der Waals surface area contributed by atoms with Gasteiger partial charge in [-0.05, 0) is 24.5 Å². The minimum absolute atomic E-state index is 0.222. The highest BCUT2D eigenvalue weighted by Crippen LogP contribution is 2.18. The molecule has 0 saturated heterocycles. The number of aromatic nitrogens is 1. The number of nitrogens with one attached hydrogen (secondary N) is 1. The van der Waals surface area contributed by atoms with Crippen molar-refractivity contribution in [3.63, 3.8) is 0 Å². The highest BCUT2D eigenvalue weighted by Gasteiger charge is 2.14. The highest BCUT2D eigenvalue weighted by molar-refractivity contribution is 5.16. The molecule has 0 bridgehead atoms. The van der Waals surface area contributed by atoms with E-state index in [0.29, 0.717) is 6.61 Å². The molecule has 0 saturated carbocycles. The summed E-state index contributed by atoms with van der Waals surface area (Å²) < 4.78 is 18.0. The summed E-state index contributed by atoms with van der Waals surface area (Å²) in [4.78, 5) is 3.86. The molecule has 16 heavy (non-hydrogen) atoms. The van der Waals surface area contributed by atoms with Crippen molar-refractivity contribution in [1.82, 2.24) is 10.3 Å². The van der Waals surface area contributed by atoms with Gasteiger partial charge in [-0.25, -0.2) is 4.39 Å². The smallest absolute Gasteiger partial charge is 0.141 e.